The first-order valence-electron chi connectivity index (χ1n) is 23.1. The summed E-state index contributed by atoms with van der Waals surface area (Å²) in [6, 6.07) is 18.9. The van der Waals surface area contributed by atoms with Gasteiger partial charge < -0.3 is 5.11 Å². The molecule has 0 aliphatic carbocycles. The molecule has 8 rings (SSSR count). The lowest BCUT2D eigenvalue weighted by atomic mass is 9.12. The number of carboxylic acids is 1. The molecule has 0 unspecified atom stereocenters. The first-order valence-corrected chi connectivity index (χ1v) is 23.1. The van der Waals surface area contributed by atoms with E-state index in [1.54, 1.807) is 18.2 Å². The molecule has 0 amide bonds. The number of nitrogens with zero attached hydrogens (tertiary/aromatic N) is 1. The average molecular weight is 1200 g/mol. The highest BCUT2D eigenvalue weighted by Crippen LogP contribution is 2.42. The van der Waals surface area contributed by atoms with Crippen LogP contribution in [0.3, 0.4) is 0 Å². The van der Waals surface area contributed by atoms with Gasteiger partial charge in [0.05, 0.1) is 55.5 Å². The highest BCUT2D eigenvalue weighted by molar-refractivity contribution is 7.20. The number of carboxylic acid groups (broad SMARTS) is 1. The Labute approximate surface area is 450 Å². The number of hydrogen-bond donors (Lipinski definition) is 1. The summed E-state index contributed by atoms with van der Waals surface area (Å²) in [6.07, 6.45) is -52.7. The molecule has 0 saturated heterocycles. The monoisotopic (exact) mass is 1200 g/mol. The molecule has 0 aliphatic rings. The lowest BCUT2D eigenvalue weighted by Gasteiger charge is -2.46. The predicted octanol–water partition coefficient (Wildman–Crippen LogP) is 15.8. The molecule has 0 bridgehead atoms. The van der Waals surface area contributed by atoms with Crippen LogP contribution in [0, 0.1) is 0 Å². The van der Waals surface area contributed by atoms with E-state index in [4.69, 9.17) is 0 Å². The summed E-state index contributed by atoms with van der Waals surface area (Å²) in [5, 5.41) is 11.6. The number of carbonyl (C=O) groups is 1. The van der Waals surface area contributed by atoms with Gasteiger partial charge in [-0.2, -0.15) is 132 Å². The van der Waals surface area contributed by atoms with E-state index < -0.39 is 201 Å². The summed E-state index contributed by atoms with van der Waals surface area (Å²) in [4.78, 5) is 11.4. The summed E-state index contributed by atoms with van der Waals surface area (Å²) in [6.45, 7) is 0.721. The van der Waals surface area contributed by atoms with Crippen molar-refractivity contribution in [1.29, 1.82) is 0 Å². The molecule has 0 radical (unpaired) electrons. The molecular weight excluding hydrogens is 1170 g/mol. The highest BCUT2D eigenvalue weighted by Gasteiger charge is 2.47. The van der Waals surface area contributed by atoms with Crippen LogP contribution in [-0.4, -0.2) is 17.2 Å². The molecule has 0 saturated carbocycles. The van der Waals surface area contributed by atoms with Crippen LogP contribution in [0.2, 0.25) is 0 Å². The Morgan fingerprint density at radius 3 is 0.988 bits per heavy atom. The van der Waals surface area contributed by atoms with E-state index in [1.807, 2.05) is 36.4 Å². The molecule has 1 heterocycles. The SMILES string of the molecule is FC(F)(F)c1cc([B-](c2cc(C(F)(F)F)cc(C(F)(F)F)c2)(c2cc(C(F)(F)F)cc(C(F)(F)F)c2)c2cc(C(F)(F)F)cc(C(F)(F)F)c2)cc(C(F)(F)F)c1.O=C(O)c1cccc(-c2c3ccccc3cc[n+]2Cc2ccccc2)c1. The van der Waals surface area contributed by atoms with Gasteiger partial charge in [0.1, 0.15) is 6.15 Å². The smallest absolute Gasteiger partial charge is 0.416 e. The van der Waals surface area contributed by atoms with Gasteiger partial charge in [0.15, 0.2) is 12.7 Å². The van der Waals surface area contributed by atoms with Crippen molar-refractivity contribution in [3.63, 3.8) is 0 Å². The number of benzene rings is 7. The zero-order valence-electron chi connectivity index (χ0n) is 40.7. The maximum Gasteiger partial charge on any atom is 0.416 e. The van der Waals surface area contributed by atoms with Crippen molar-refractivity contribution in [2.24, 2.45) is 0 Å². The molecule has 0 aliphatic heterocycles. The quantitative estimate of drug-likeness (QED) is 0.0936. The predicted molar refractivity (Wildman–Crippen MR) is 252 cm³/mol. The van der Waals surface area contributed by atoms with Crippen LogP contribution < -0.4 is 26.4 Å². The van der Waals surface area contributed by atoms with Gasteiger partial charge in [-0.1, -0.05) is 103 Å². The van der Waals surface area contributed by atoms with Gasteiger partial charge in [-0.3, -0.25) is 0 Å². The lowest BCUT2D eigenvalue weighted by molar-refractivity contribution is -0.676. The molecule has 8 aromatic rings. The van der Waals surface area contributed by atoms with Crippen LogP contribution in [0.15, 0.2) is 164 Å². The van der Waals surface area contributed by atoms with Crippen molar-refractivity contribution in [1.82, 2.24) is 0 Å². The summed E-state index contributed by atoms with van der Waals surface area (Å²) < 4.78 is 343. The van der Waals surface area contributed by atoms with E-state index in [2.05, 4.69) is 41.1 Å². The van der Waals surface area contributed by atoms with Gasteiger partial charge in [-0.05, 0) is 53.9 Å². The standard InChI is InChI=1S/C32H12BF24.C23H17NO2/c34-25(35,36)13-1-14(26(37,38)39)6-21(5-13)33(22-7-15(27(40,41)42)2-16(8-22)28(43,44)45,23-9-17(29(46,47)48)3-18(10-23)30(49,50)51)24-11-19(31(52,53)54)4-20(12-24)32(55,56)57;25-23(26)20-11-6-10-19(15-20)22-21-12-5-4-9-18(21)13-14-24(22)16-17-7-2-1-3-8-17/h1-12H;1-15H,16H2/q-1;/p+1. The fourth-order valence-electron chi connectivity index (χ4n) is 9.36. The Kier molecular flexibility index (Phi) is 16.4. The number of rotatable bonds is 8. The third-order valence-corrected chi connectivity index (χ3v) is 13.0. The minimum atomic E-state index is -6.13. The topological polar surface area (TPSA) is 41.2 Å². The Hall–Kier alpha value is -8.20. The maximum absolute atomic E-state index is 14.2. The Bertz CT molecular complexity index is 3260. The number of pyridine rings is 1. The zero-order chi connectivity index (χ0) is 61.8. The van der Waals surface area contributed by atoms with E-state index in [-0.39, 0.29) is 0 Å². The lowest BCUT2D eigenvalue weighted by Crippen LogP contribution is -2.75. The van der Waals surface area contributed by atoms with Crippen molar-refractivity contribution in [2.45, 2.75) is 56.0 Å². The van der Waals surface area contributed by atoms with E-state index in [0.717, 1.165) is 28.6 Å². The van der Waals surface area contributed by atoms with Crippen molar-refractivity contribution >= 4 is 44.7 Å². The van der Waals surface area contributed by atoms with Crippen molar-refractivity contribution < 1.29 is 120 Å². The van der Waals surface area contributed by atoms with Gasteiger partial charge >= 0.3 is 55.4 Å². The van der Waals surface area contributed by atoms with Gasteiger partial charge in [-0.15, -0.1) is 0 Å². The largest absolute Gasteiger partial charge is 0.478 e. The second-order valence-corrected chi connectivity index (χ2v) is 18.5. The molecule has 0 atom stereocenters. The summed E-state index contributed by atoms with van der Waals surface area (Å²) in [7, 11) is 0. The number of alkyl halides is 24. The Morgan fingerprint density at radius 1 is 0.361 bits per heavy atom. The molecule has 3 nitrogen and oxygen atoms in total. The molecule has 1 aromatic heterocycles. The number of aromatic carboxylic acids is 1. The van der Waals surface area contributed by atoms with Crippen LogP contribution in [0.5, 0.6) is 0 Å². The highest BCUT2D eigenvalue weighted by atomic mass is 19.4. The minimum Gasteiger partial charge on any atom is -0.478 e. The van der Waals surface area contributed by atoms with Gasteiger partial charge in [0.2, 0.25) is 5.69 Å². The van der Waals surface area contributed by atoms with Crippen LogP contribution in [0.25, 0.3) is 22.0 Å². The van der Waals surface area contributed by atoms with Crippen LogP contribution in [0.1, 0.15) is 60.4 Å². The summed E-state index contributed by atoms with van der Waals surface area (Å²) in [5.74, 6) is -0.915. The van der Waals surface area contributed by atoms with Crippen LogP contribution >= 0.6 is 0 Å². The minimum absolute atomic E-state index is 0.293. The number of fused-ring (bicyclic) bond motifs is 1. The van der Waals surface area contributed by atoms with E-state index >= 15 is 0 Å². The second-order valence-electron chi connectivity index (χ2n) is 18.5. The van der Waals surface area contributed by atoms with Gasteiger partial charge in [0.25, 0.3) is 0 Å². The number of aromatic nitrogens is 1. The number of hydrogen-bond acceptors (Lipinski definition) is 1. The fraction of sp³-hybridized carbons (Fsp3) is 0.164. The van der Waals surface area contributed by atoms with Crippen LogP contribution in [-0.2, 0) is 56.0 Å². The average Bonchev–Trinajstić information content (AvgIpc) is 1.14. The van der Waals surface area contributed by atoms with E-state index in [0.29, 0.717) is 5.56 Å². The molecule has 28 heteroatoms. The molecule has 83 heavy (non-hydrogen) atoms. The van der Waals surface area contributed by atoms with Gasteiger partial charge in [0, 0.05) is 17.2 Å². The fourth-order valence-corrected chi connectivity index (χ4v) is 9.36. The van der Waals surface area contributed by atoms with E-state index in [9.17, 15) is 115 Å². The van der Waals surface area contributed by atoms with Crippen molar-refractivity contribution in [2.75, 3.05) is 0 Å². The molecule has 438 valence electrons. The van der Waals surface area contributed by atoms with Crippen molar-refractivity contribution in [3.8, 4) is 11.3 Å². The van der Waals surface area contributed by atoms with Gasteiger partial charge in [-0.25, -0.2) is 4.79 Å². The third-order valence-electron chi connectivity index (χ3n) is 13.0. The first kappa shape index (κ1) is 62.4. The molecular formula is C55H30BF24NO2. The molecule has 0 fully saturated rings. The Morgan fingerprint density at radius 2 is 0.675 bits per heavy atom. The molecule has 7 aromatic carbocycles. The molecule has 1 N–H and O–H groups in total. The first-order chi connectivity index (χ1) is 38.0. The van der Waals surface area contributed by atoms with Crippen LogP contribution in [0.4, 0.5) is 105 Å². The number of halogens is 24. The Balaban J connectivity index is 0.000000313. The summed E-state index contributed by atoms with van der Waals surface area (Å²) in [5.41, 5.74) is -26.8. The maximum atomic E-state index is 14.2. The zero-order valence-corrected chi connectivity index (χ0v) is 40.7. The second kappa shape index (κ2) is 21.9. The van der Waals surface area contributed by atoms with E-state index in [1.165, 1.54) is 5.56 Å². The molecule has 0 spiro atoms. The summed E-state index contributed by atoms with van der Waals surface area (Å²) >= 11 is 0. The normalized spacial score (nSPS) is 13.2. The van der Waals surface area contributed by atoms with Crippen molar-refractivity contribution in [3.05, 3.63) is 220 Å². The third kappa shape index (κ3) is 13.8.